The minimum absolute atomic E-state index is 0.0738. The van der Waals surface area contributed by atoms with Gasteiger partial charge in [-0.25, -0.2) is 4.39 Å². The van der Waals surface area contributed by atoms with Crippen LogP contribution < -0.4 is 5.73 Å². The lowest BCUT2D eigenvalue weighted by molar-refractivity contribution is -0.127. The zero-order chi connectivity index (χ0) is 11.7. The molecule has 0 saturated carbocycles. The lowest BCUT2D eigenvalue weighted by atomic mass is 9.94. The van der Waals surface area contributed by atoms with E-state index in [1.165, 1.54) is 12.1 Å². The summed E-state index contributed by atoms with van der Waals surface area (Å²) < 4.78 is 13.1. The second-order valence-electron chi connectivity index (χ2n) is 4.20. The SMILES string of the molecule is CN1C(=O)CC(CN)C1c1cccc(F)c1. The van der Waals surface area contributed by atoms with Crippen LogP contribution in [0, 0.1) is 11.7 Å². The normalized spacial score (nSPS) is 25.2. The smallest absolute Gasteiger partial charge is 0.223 e. The summed E-state index contributed by atoms with van der Waals surface area (Å²) in [5.41, 5.74) is 6.47. The lowest BCUT2D eigenvalue weighted by Gasteiger charge is -2.24. The first-order valence-electron chi connectivity index (χ1n) is 5.34. The van der Waals surface area contributed by atoms with Gasteiger partial charge in [0.05, 0.1) is 6.04 Å². The minimum Gasteiger partial charge on any atom is -0.338 e. The Morgan fingerprint density at radius 1 is 1.56 bits per heavy atom. The van der Waals surface area contributed by atoms with Crippen molar-refractivity contribution in [1.29, 1.82) is 0 Å². The van der Waals surface area contributed by atoms with Crippen LogP contribution in [0.4, 0.5) is 4.39 Å². The van der Waals surface area contributed by atoms with E-state index in [2.05, 4.69) is 0 Å². The number of carbonyl (C=O) groups excluding carboxylic acids is 1. The Kier molecular flexibility index (Phi) is 2.92. The van der Waals surface area contributed by atoms with Crippen molar-refractivity contribution < 1.29 is 9.18 Å². The average Bonchev–Trinajstić information content (AvgIpc) is 2.55. The molecule has 0 spiro atoms. The second-order valence-corrected chi connectivity index (χ2v) is 4.20. The number of benzene rings is 1. The van der Waals surface area contributed by atoms with Crippen LogP contribution in [0.3, 0.4) is 0 Å². The number of nitrogens with zero attached hydrogens (tertiary/aromatic N) is 1. The van der Waals surface area contributed by atoms with Gasteiger partial charge in [0.15, 0.2) is 0 Å². The predicted molar refractivity (Wildman–Crippen MR) is 59.1 cm³/mol. The van der Waals surface area contributed by atoms with Gasteiger partial charge < -0.3 is 10.6 Å². The summed E-state index contributed by atoms with van der Waals surface area (Å²) in [4.78, 5) is 13.2. The Labute approximate surface area is 94.0 Å². The number of nitrogens with two attached hydrogens (primary N) is 1. The molecule has 1 aromatic rings. The molecule has 0 radical (unpaired) electrons. The Hall–Kier alpha value is -1.42. The molecular weight excluding hydrogens is 207 g/mol. The second kappa shape index (κ2) is 4.22. The molecule has 1 fully saturated rings. The maximum absolute atomic E-state index is 13.1. The summed E-state index contributed by atoms with van der Waals surface area (Å²) in [6.07, 6.45) is 0.453. The van der Waals surface area contributed by atoms with Gasteiger partial charge in [0.2, 0.25) is 5.91 Å². The molecule has 1 aromatic carbocycles. The molecule has 16 heavy (non-hydrogen) atoms. The van der Waals surface area contributed by atoms with Gasteiger partial charge in [-0.05, 0) is 24.2 Å². The van der Waals surface area contributed by atoms with Gasteiger partial charge in [0.25, 0.3) is 0 Å². The highest BCUT2D eigenvalue weighted by molar-refractivity contribution is 5.79. The molecule has 2 N–H and O–H groups in total. The molecule has 2 rings (SSSR count). The number of likely N-dealkylation sites (tertiary alicyclic amines) is 1. The number of amides is 1. The summed E-state index contributed by atoms with van der Waals surface area (Å²) in [5.74, 6) is -0.120. The Balaban J connectivity index is 2.34. The summed E-state index contributed by atoms with van der Waals surface area (Å²) in [5, 5.41) is 0. The Bertz CT molecular complexity index is 408. The summed E-state index contributed by atoms with van der Waals surface area (Å²) in [6.45, 7) is 0.442. The first-order valence-corrected chi connectivity index (χ1v) is 5.34. The monoisotopic (exact) mass is 222 g/mol. The molecular formula is C12H15FN2O. The first-order chi connectivity index (χ1) is 7.63. The summed E-state index contributed by atoms with van der Waals surface area (Å²) >= 11 is 0. The van der Waals surface area contributed by atoms with Crippen LogP contribution in [0.2, 0.25) is 0 Å². The number of halogens is 1. The standard InChI is InChI=1S/C12H15FN2O/c1-15-11(16)6-9(7-14)12(15)8-3-2-4-10(13)5-8/h2-5,9,12H,6-7,14H2,1H3. The molecule has 1 saturated heterocycles. The maximum Gasteiger partial charge on any atom is 0.223 e. The van der Waals surface area contributed by atoms with E-state index in [4.69, 9.17) is 5.73 Å². The highest BCUT2D eigenvalue weighted by Gasteiger charge is 2.37. The molecule has 1 aliphatic heterocycles. The molecule has 1 amide bonds. The minimum atomic E-state index is -0.277. The van der Waals surface area contributed by atoms with Crippen molar-refractivity contribution in [2.24, 2.45) is 11.7 Å². The van der Waals surface area contributed by atoms with Crippen LogP contribution in [-0.2, 0) is 4.79 Å². The van der Waals surface area contributed by atoms with Gasteiger partial charge in [-0.1, -0.05) is 12.1 Å². The van der Waals surface area contributed by atoms with E-state index in [1.54, 1.807) is 18.0 Å². The molecule has 4 heteroatoms. The molecule has 1 aliphatic rings. The van der Waals surface area contributed by atoms with Crippen LogP contribution in [0.25, 0.3) is 0 Å². The van der Waals surface area contributed by atoms with E-state index in [9.17, 15) is 9.18 Å². The molecule has 3 nitrogen and oxygen atoms in total. The fraction of sp³-hybridized carbons (Fsp3) is 0.417. The van der Waals surface area contributed by atoms with Gasteiger partial charge in [0, 0.05) is 19.4 Å². The van der Waals surface area contributed by atoms with Gasteiger partial charge >= 0.3 is 0 Å². The number of hydrogen-bond acceptors (Lipinski definition) is 2. The highest BCUT2D eigenvalue weighted by Crippen LogP contribution is 2.36. The van der Waals surface area contributed by atoms with Crippen molar-refractivity contribution in [3.8, 4) is 0 Å². The van der Waals surface area contributed by atoms with Crippen LogP contribution in [0.5, 0.6) is 0 Å². The van der Waals surface area contributed by atoms with Gasteiger partial charge in [0.1, 0.15) is 5.82 Å². The fourth-order valence-corrected chi connectivity index (χ4v) is 2.35. The molecule has 1 heterocycles. The van der Waals surface area contributed by atoms with E-state index in [-0.39, 0.29) is 23.7 Å². The third kappa shape index (κ3) is 1.80. The fourth-order valence-electron chi connectivity index (χ4n) is 2.35. The van der Waals surface area contributed by atoms with Crippen molar-refractivity contribution in [2.75, 3.05) is 13.6 Å². The Morgan fingerprint density at radius 3 is 2.94 bits per heavy atom. The number of rotatable bonds is 2. The van der Waals surface area contributed by atoms with Crippen molar-refractivity contribution in [3.05, 3.63) is 35.6 Å². The summed E-state index contributed by atoms with van der Waals surface area (Å²) in [7, 11) is 1.74. The van der Waals surface area contributed by atoms with E-state index < -0.39 is 0 Å². The van der Waals surface area contributed by atoms with Crippen molar-refractivity contribution in [2.45, 2.75) is 12.5 Å². The van der Waals surface area contributed by atoms with Gasteiger partial charge in [-0.2, -0.15) is 0 Å². The maximum atomic E-state index is 13.1. The third-order valence-electron chi connectivity index (χ3n) is 3.19. The van der Waals surface area contributed by atoms with Crippen LogP contribution >= 0.6 is 0 Å². The molecule has 2 atom stereocenters. The predicted octanol–water partition coefficient (Wildman–Crippen LogP) is 1.30. The van der Waals surface area contributed by atoms with Gasteiger partial charge in [-0.15, -0.1) is 0 Å². The van der Waals surface area contributed by atoms with Gasteiger partial charge in [-0.3, -0.25) is 4.79 Å². The molecule has 0 aliphatic carbocycles. The van der Waals surface area contributed by atoms with Crippen molar-refractivity contribution in [3.63, 3.8) is 0 Å². The first kappa shape index (κ1) is 11.1. The molecule has 2 unspecified atom stereocenters. The molecule has 86 valence electrons. The van der Waals surface area contributed by atoms with Crippen molar-refractivity contribution in [1.82, 2.24) is 4.90 Å². The number of hydrogen-bond donors (Lipinski definition) is 1. The average molecular weight is 222 g/mol. The summed E-state index contributed by atoms with van der Waals surface area (Å²) in [6, 6.07) is 6.29. The molecule has 0 aromatic heterocycles. The largest absolute Gasteiger partial charge is 0.338 e. The number of carbonyl (C=O) groups is 1. The van der Waals surface area contributed by atoms with Crippen LogP contribution in [-0.4, -0.2) is 24.4 Å². The lowest BCUT2D eigenvalue weighted by Crippen LogP contribution is -2.26. The van der Waals surface area contributed by atoms with Crippen LogP contribution in [0.15, 0.2) is 24.3 Å². The van der Waals surface area contributed by atoms with Crippen LogP contribution in [0.1, 0.15) is 18.0 Å². The quantitative estimate of drug-likeness (QED) is 0.820. The van der Waals surface area contributed by atoms with E-state index in [0.717, 1.165) is 5.56 Å². The zero-order valence-corrected chi connectivity index (χ0v) is 9.19. The van der Waals surface area contributed by atoms with E-state index >= 15 is 0 Å². The topological polar surface area (TPSA) is 46.3 Å². The zero-order valence-electron chi connectivity index (χ0n) is 9.19. The third-order valence-corrected chi connectivity index (χ3v) is 3.19. The highest BCUT2D eigenvalue weighted by atomic mass is 19.1. The van der Waals surface area contributed by atoms with E-state index in [1.807, 2.05) is 6.07 Å². The van der Waals surface area contributed by atoms with Crippen molar-refractivity contribution >= 4 is 5.91 Å². The Morgan fingerprint density at radius 2 is 2.31 bits per heavy atom. The molecule has 0 bridgehead atoms. The van der Waals surface area contributed by atoms with E-state index in [0.29, 0.717) is 13.0 Å².